The molecule has 8 heteroatoms. The second-order valence-electron chi connectivity index (χ2n) is 9.44. The summed E-state index contributed by atoms with van der Waals surface area (Å²) in [5.41, 5.74) is 9.22. The summed E-state index contributed by atoms with van der Waals surface area (Å²) in [4.78, 5) is 0. The Morgan fingerprint density at radius 3 is 1.00 bits per heavy atom. The standard InChI is InChI=1S/C34H34Br4O4/c35-21-29-17-27(25-7-3-1-4-8-25)18-30(22-36)33(29)41-15-13-39-11-12-40-14-16-42-34-31(23-37)19-28(20-32(34)24-38)26-9-5-2-6-10-26/h1-10,17-20H,11-16,21-24H2. The fourth-order valence-corrected chi connectivity index (χ4v) is 6.26. The van der Waals surface area contributed by atoms with Crippen LogP contribution in [0.5, 0.6) is 11.5 Å². The molecule has 4 aromatic rings. The Hall–Kier alpha value is -1.68. The molecule has 4 aromatic carbocycles. The summed E-state index contributed by atoms with van der Waals surface area (Å²) in [5, 5.41) is 2.85. The SMILES string of the molecule is BrCc1cc(-c2ccccc2)cc(CBr)c1OCCOCCOCCOc1c(CBr)cc(-c2ccccc2)cc1CBr. The largest absolute Gasteiger partial charge is 0.491 e. The van der Waals surface area contributed by atoms with Gasteiger partial charge >= 0.3 is 0 Å². The first-order valence-corrected chi connectivity index (χ1v) is 18.2. The number of ether oxygens (including phenoxy) is 4. The molecule has 0 unspecified atom stereocenters. The molecule has 0 bridgehead atoms. The molecule has 0 amide bonds. The summed E-state index contributed by atoms with van der Waals surface area (Å²) in [5.74, 6) is 1.81. The normalized spacial score (nSPS) is 11.0. The number of benzene rings is 4. The summed E-state index contributed by atoms with van der Waals surface area (Å²) in [7, 11) is 0. The van der Waals surface area contributed by atoms with Gasteiger partial charge in [0, 0.05) is 43.6 Å². The molecule has 0 aliphatic carbocycles. The van der Waals surface area contributed by atoms with Gasteiger partial charge in [0.25, 0.3) is 0 Å². The number of rotatable bonds is 17. The molecule has 0 N–H and O–H groups in total. The van der Waals surface area contributed by atoms with Crippen molar-refractivity contribution >= 4 is 63.7 Å². The second-order valence-corrected chi connectivity index (χ2v) is 11.7. The lowest BCUT2D eigenvalue weighted by molar-refractivity contribution is 0.0271. The maximum absolute atomic E-state index is 6.16. The summed E-state index contributed by atoms with van der Waals surface area (Å²) in [6.45, 7) is 2.91. The van der Waals surface area contributed by atoms with Crippen molar-refractivity contribution in [3.8, 4) is 33.8 Å². The van der Waals surface area contributed by atoms with E-state index < -0.39 is 0 Å². The Morgan fingerprint density at radius 2 is 0.690 bits per heavy atom. The molecule has 0 atom stereocenters. The Morgan fingerprint density at radius 1 is 0.381 bits per heavy atom. The van der Waals surface area contributed by atoms with Crippen LogP contribution in [0.15, 0.2) is 84.9 Å². The van der Waals surface area contributed by atoms with Crippen LogP contribution in [0, 0.1) is 0 Å². The number of halogens is 4. The van der Waals surface area contributed by atoms with E-state index in [0.29, 0.717) is 61.0 Å². The minimum absolute atomic E-state index is 0.470. The van der Waals surface area contributed by atoms with Crippen molar-refractivity contribution in [1.29, 1.82) is 0 Å². The highest BCUT2D eigenvalue weighted by Gasteiger charge is 2.14. The number of hydrogen-bond donors (Lipinski definition) is 0. The Kier molecular flexibility index (Phi) is 14.4. The average Bonchev–Trinajstić information content (AvgIpc) is 3.05. The molecule has 0 aliphatic heterocycles. The predicted molar refractivity (Wildman–Crippen MR) is 187 cm³/mol. The van der Waals surface area contributed by atoms with E-state index in [4.69, 9.17) is 18.9 Å². The lowest BCUT2D eigenvalue weighted by atomic mass is 10.00. The molecule has 0 aliphatic rings. The fraction of sp³-hybridized carbons (Fsp3) is 0.294. The van der Waals surface area contributed by atoms with Gasteiger partial charge in [-0.2, -0.15) is 0 Å². The Balaban J connectivity index is 1.18. The van der Waals surface area contributed by atoms with Gasteiger partial charge in [-0.3, -0.25) is 0 Å². The van der Waals surface area contributed by atoms with Gasteiger partial charge in [-0.25, -0.2) is 0 Å². The molecule has 0 spiro atoms. The van der Waals surface area contributed by atoms with Crippen LogP contribution in [-0.4, -0.2) is 39.6 Å². The third-order valence-corrected chi connectivity index (χ3v) is 9.01. The molecule has 222 valence electrons. The van der Waals surface area contributed by atoms with Crippen molar-refractivity contribution in [3.05, 3.63) is 107 Å². The van der Waals surface area contributed by atoms with Gasteiger partial charge in [-0.15, -0.1) is 0 Å². The van der Waals surface area contributed by atoms with Crippen molar-refractivity contribution in [2.45, 2.75) is 21.3 Å². The maximum atomic E-state index is 6.16. The third-order valence-electron chi connectivity index (χ3n) is 6.60. The average molecular weight is 826 g/mol. The quantitative estimate of drug-likeness (QED) is 0.0785. The Bertz CT molecular complexity index is 1230. The highest BCUT2D eigenvalue weighted by molar-refractivity contribution is 9.09. The zero-order chi connectivity index (χ0) is 29.6. The van der Waals surface area contributed by atoms with Crippen LogP contribution in [0.4, 0.5) is 0 Å². The van der Waals surface area contributed by atoms with Crippen molar-refractivity contribution in [2.75, 3.05) is 39.6 Å². The van der Waals surface area contributed by atoms with Crippen molar-refractivity contribution in [1.82, 2.24) is 0 Å². The molecule has 0 saturated carbocycles. The van der Waals surface area contributed by atoms with E-state index in [9.17, 15) is 0 Å². The van der Waals surface area contributed by atoms with Crippen LogP contribution in [0.1, 0.15) is 22.3 Å². The zero-order valence-corrected chi connectivity index (χ0v) is 29.6. The third kappa shape index (κ3) is 9.41. The summed E-state index contributed by atoms with van der Waals surface area (Å²) >= 11 is 14.5. The highest BCUT2D eigenvalue weighted by atomic mass is 79.9. The summed E-state index contributed by atoms with van der Waals surface area (Å²) < 4.78 is 23.8. The molecule has 4 nitrogen and oxygen atoms in total. The van der Waals surface area contributed by atoms with Crippen LogP contribution in [-0.2, 0) is 30.8 Å². The van der Waals surface area contributed by atoms with Crippen LogP contribution < -0.4 is 9.47 Å². The van der Waals surface area contributed by atoms with Gasteiger partial charge < -0.3 is 18.9 Å². The highest BCUT2D eigenvalue weighted by Crippen LogP contribution is 2.35. The molecular weight excluding hydrogens is 792 g/mol. The van der Waals surface area contributed by atoms with Gasteiger partial charge in [0.15, 0.2) is 0 Å². The summed E-state index contributed by atoms with van der Waals surface area (Å²) in [6, 6.07) is 29.5. The van der Waals surface area contributed by atoms with E-state index in [1.54, 1.807) is 0 Å². The van der Waals surface area contributed by atoms with Gasteiger partial charge in [0.1, 0.15) is 24.7 Å². The van der Waals surface area contributed by atoms with Crippen molar-refractivity contribution < 1.29 is 18.9 Å². The minimum atomic E-state index is 0.470. The van der Waals surface area contributed by atoms with E-state index in [-0.39, 0.29) is 0 Å². The van der Waals surface area contributed by atoms with Gasteiger partial charge in [-0.05, 0) is 46.5 Å². The van der Waals surface area contributed by atoms with E-state index in [1.165, 1.54) is 22.3 Å². The van der Waals surface area contributed by atoms with Gasteiger partial charge in [0.2, 0.25) is 0 Å². The van der Waals surface area contributed by atoms with Crippen LogP contribution in [0.25, 0.3) is 22.3 Å². The zero-order valence-electron chi connectivity index (χ0n) is 23.3. The number of alkyl halides is 4. The van der Waals surface area contributed by atoms with E-state index in [1.807, 2.05) is 12.1 Å². The molecule has 0 aromatic heterocycles. The van der Waals surface area contributed by atoms with E-state index in [2.05, 4.69) is 137 Å². The van der Waals surface area contributed by atoms with Gasteiger partial charge in [0.05, 0.1) is 26.4 Å². The number of hydrogen-bond acceptors (Lipinski definition) is 4. The lowest BCUT2D eigenvalue weighted by Crippen LogP contribution is -2.14. The van der Waals surface area contributed by atoms with Crippen molar-refractivity contribution in [3.63, 3.8) is 0 Å². The first kappa shape index (κ1) is 33.2. The minimum Gasteiger partial charge on any atom is -0.491 e. The molecule has 0 saturated heterocycles. The first-order chi connectivity index (χ1) is 20.7. The molecule has 4 rings (SSSR count). The Labute approximate surface area is 282 Å². The van der Waals surface area contributed by atoms with Gasteiger partial charge in [-0.1, -0.05) is 124 Å². The molecule has 42 heavy (non-hydrogen) atoms. The van der Waals surface area contributed by atoms with Crippen molar-refractivity contribution in [2.24, 2.45) is 0 Å². The predicted octanol–water partition coefficient (Wildman–Crippen LogP) is 10.1. The monoisotopic (exact) mass is 822 g/mol. The van der Waals surface area contributed by atoms with E-state index >= 15 is 0 Å². The second kappa shape index (κ2) is 18.2. The molecule has 0 fully saturated rings. The lowest BCUT2D eigenvalue weighted by Gasteiger charge is -2.17. The smallest absolute Gasteiger partial charge is 0.127 e. The van der Waals surface area contributed by atoms with E-state index in [0.717, 1.165) is 33.8 Å². The first-order valence-electron chi connectivity index (χ1n) is 13.8. The molecule has 0 heterocycles. The van der Waals surface area contributed by atoms with Crippen LogP contribution in [0.3, 0.4) is 0 Å². The van der Waals surface area contributed by atoms with Crippen LogP contribution in [0.2, 0.25) is 0 Å². The maximum Gasteiger partial charge on any atom is 0.127 e. The molecular formula is C34H34Br4O4. The summed E-state index contributed by atoms with van der Waals surface area (Å²) in [6.07, 6.45) is 0. The molecule has 0 radical (unpaired) electrons. The van der Waals surface area contributed by atoms with Crippen LogP contribution >= 0.6 is 63.7 Å². The fourth-order valence-electron chi connectivity index (χ4n) is 4.60. The topological polar surface area (TPSA) is 36.9 Å².